The molecule has 5 heterocycles. The fraction of sp³-hybridized carbons (Fsp3) is 0.500. The van der Waals surface area contributed by atoms with Crippen LogP contribution in [0, 0.1) is 23.7 Å². The number of piperazine rings is 1. The van der Waals surface area contributed by atoms with Crippen molar-refractivity contribution in [2.24, 2.45) is 21.8 Å². The predicted octanol–water partition coefficient (Wildman–Crippen LogP) is 3.62. The zero-order valence-corrected chi connectivity index (χ0v) is 35.6. The van der Waals surface area contributed by atoms with Gasteiger partial charge in [-0.15, -0.1) is 0 Å². The van der Waals surface area contributed by atoms with Crippen molar-refractivity contribution in [3.05, 3.63) is 65.7 Å². The lowest BCUT2D eigenvalue weighted by Gasteiger charge is -2.41. The van der Waals surface area contributed by atoms with Crippen molar-refractivity contribution in [3.63, 3.8) is 0 Å². The van der Waals surface area contributed by atoms with Gasteiger partial charge in [-0.2, -0.15) is 0 Å². The summed E-state index contributed by atoms with van der Waals surface area (Å²) in [6, 6.07) is 4.84. The van der Waals surface area contributed by atoms with Crippen LogP contribution in [-0.4, -0.2) is 151 Å². The Bertz CT molecular complexity index is 2210. The second-order valence-electron chi connectivity index (χ2n) is 16.0. The Hall–Kier alpha value is -6.48. The minimum absolute atomic E-state index is 0.0564. The van der Waals surface area contributed by atoms with Gasteiger partial charge in [-0.25, -0.2) is 24.4 Å². The molecule has 0 spiro atoms. The van der Waals surface area contributed by atoms with Crippen molar-refractivity contribution in [2.75, 3.05) is 60.7 Å². The molecule has 0 saturated carbocycles. The molecule has 7 rings (SSSR count). The molecule has 1 aliphatic carbocycles. The molecule has 5 atom stereocenters. The number of likely N-dealkylation sites (tertiary alicyclic amines) is 1. The van der Waals surface area contributed by atoms with Crippen LogP contribution in [0.4, 0.5) is 14.4 Å². The Balaban J connectivity index is 1.02. The first-order valence-electron chi connectivity index (χ1n) is 20.9. The number of nitrogens with one attached hydrogen (secondary N) is 3. The third kappa shape index (κ3) is 9.68. The number of amidine groups is 1. The van der Waals surface area contributed by atoms with Gasteiger partial charge in [-0.05, 0) is 73.4 Å². The fourth-order valence-corrected chi connectivity index (χ4v) is 8.42. The van der Waals surface area contributed by atoms with E-state index in [9.17, 15) is 24.0 Å². The monoisotopic (exact) mass is 851 g/mol. The van der Waals surface area contributed by atoms with Crippen molar-refractivity contribution in [1.82, 2.24) is 35.3 Å². The lowest BCUT2D eigenvalue weighted by Crippen LogP contribution is -2.58. The number of allylic oxidation sites excluding steroid dienone is 2. The molecule has 1 aromatic heterocycles. The van der Waals surface area contributed by atoms with Gasteiger partial charge in [-0.1, -0.05) is 37.8 Å². The van der Waals surface area contributed by atoms with Gasteiger partial charge < -0.3 is 49.3 Å². The number of rotatable bonds is 9. The van der Waals surface area contributed by atoms with Gasteiger partial charge in [0.1, 0.15) is 35.8 Å². The molecule has 18 heteroatoms. The maximum atomic E-state index is 14.0. The molecule has 18 nitrogen and oxygen atoms in total. The lowest BCUT2D eigenvalue weighted by atomic mass is 9.90. The second-order valence-corrected chi connectivity index (χ2v) is 16.0. The molecule has 3 N–H and O–H groups in total. The molecule has 0 bridgehead atoms. The van der Waals surface area contributed by atoms with E-state index in [1.54, 1.807) is 16.0 Å². The smallest absolute Gasteiger partial charge is 0.409 e. The Morgan fingerprint density at radius 2 is 1.58 bits per heavy atom. The Morgan fingerprint density at radius 3 is 2.29 bits per heavy atom. The summed E-state index contributed by atoms with van der Waals surface area (Å²) in [6.45, 7) is 5.89. The summed E-state index contributed by atoms with van der Waals surface area (Å²) in [6.07, 6.45) is 8.49. The standard InChI is InChI=1S/C44H53N9O9/c1-26(2)36(49-42(56)59-3)40(54)53-20-19-51(44(58)61-5)25-35(53)38-45-24-33(48-38)29-13-10-27(11-14-29)8-9-28-12-15-31-32(23-28)47-39(46-31)34-7-6-18-52(34)41(55)37(50-43(57)60-4)30-16-21-62-22-17-30/h10-15,23-24,26,30,32,34-37H,6-7,16-22,25H2,1-5H3,(H,45,48)(H,49,56)(H,50,57)/t32?,34?,35?,36-,37-/m0/s1. The van der Waals surface area contributed by atoms with Crippen LogP contribution in [0.3, 0.4) is 0 Å². The van der Waals surface area contributed by atoms with Crippen molar-refractivity contribution in [3.8, 4) is 23.1 Å². The highest BCUT2D eigenvalue weighted by atomic mass is 16.5. The number of hydrogen-bond donors (Lipinski definition) is 3. The number of amides is 5. The van der Waals surface area contributed by atoms with E-state index in [2.05, 4.69) is 32.4 Å². The molecule has 5 amide bonds. The van der Waals surface area contributed by atoms with E-state index in [1.165, 1.54) is 26.2 Å². The zero-order chi connectivity index (χ0) is 43.9. The van der Waals surface area contributed by atoms with E-state index in [-0.39, 0.29) is 55.4 Å². The van der Waals surface area contributed by atoms with Crippen LogP contribution in [-0.2, 0) is 28.5 Å². The molecule has 5 aliphatic rings. The molecule has 4 aliphatic heterocycles. The van der Waals surface area contributed by atoms with Crippen LogP contribution in [0.25, 0.3) is 11.3 Å². The van der Waals surface area contributed by atoms with Crippen molar-refractivity contribution in [1.29, 1.82) is 0 Å². The molecular weight excluding hydrogens is 799 g/mol. The van der Waals surface area contributed by atoms with Gasteiger partial charge in [0, 0.05) is 44.0 Å². The SMILES string of the molecule is COC(=O)N[C@H](C(=O)N1CCN(C(=O)OC)CC1c1ncc(-c2ccc(C#CC3=CC4N=C(C5CCCN5C(=O)[C@@H](NC(=O)OC)C5CCOCC5)N=C4C=C3)cc2)[nH]1)C(C)C. The van der Waals surface area contributed by atoms with Crippen LogP contribution in [0.5, 0.6) is 0 Å². The van der Waals surface area contributed by atoms with E-state index >= 15 is 0 Å². The van der Waals surface area contributed by atoms with Crippen LogP contribution < -0.4 is 10.6 Å². The number of aromatic nitrogens is 2. The summed E-state index contributed by atoms with van der Waals surface area (Å²) < 4.78 is 20.1. The molecular formula is C44H53N9O9. The molecule has 2 aromatic rings. The van der Waals surface area contributed by atoms with Gasteiger partial charge in [0.05, 0.1) is 51.5 Å². The summed E-state index contributed by atoms with van der Waals surface area (Å²) in [4.78, 5) is 87.5. The van der Waals surface area contributed by atoms with Crippen LogP contribution in [0.2, 0.25) is 0 Å². The average Bonchev–Trinajstić information content (AvgIpc) is 4.09. The van der Waals surface area contributed by atoms with Crippen molar-refractivity contribution >= 4 is 41.6 Å². The average molecular weight is 852 g/mol. The lowest BCUT2D eigenvalue weighted by molar-refractivity contribution is -0.139. The molecule has 62 heavy (non-hydrogen) atoms. The third-order valence-electron chi connectivity index (χ3n) is 11.8. The first-order valence-corrected chi connectivity index (χ1v) is 20.9. The van der Waals surface area contributed by atoms with Gasteiger partial charge in [-0.3, -0.25) is 14.6 Å². The highest BCUT2D eigenvalue weighted by molar-refractivity contribution is 6.15. The molecule has 328 valence electrons. The number of fused-ring (bicyclic) bond motifs is 1. The molecule has 3 saturated heterocycles. The fourth-order valence-electron chi connectivity index (χ4n) is 8.42. The van der Waals surface area contributed by atoms with Crippen molar-refractivity contribution in [2.45, 2.75) is 69.7 Å². The minimum Gasteiger partial charge on any atom is -0.453 e. The number of H-pyrrole nitrogens is 1. The largest absolute Gasteiger partial charge is 0.453 e. The Kier molecular flexibility index (Phi) is 13.7. The van der Waals surface area contributed by atoms with E-state index in [0.717, 1.165) is 35.3 Å². The number of aromatic amines is 1. The number of benzene rings is 1. The van der Waals surface area contributed by atoms with Crippen LogP contribution in [0.1, 0.15) is 57.0 Å². The summed E-state index contributed by atoms with van der Waals surface area (Å²) >= 11 is 0. The normalized spacial score (nSPS) is 22.0. The number of hydrogen-bond acceptors (Lipinski definition) is 12. The maximum absolute atomic E-state index is 14.0. The van der Waals surface area contributed by atoms with Gasteiger partial charge in [0.15, 0.2) is 0 Å². The summed E-state index contributed by atoms with van der Waals surface area (Å²) in [5.74, 6) is 6.81. The molecule has 0 radical (unpaired) electrons. The minimum atomic E-state index is -0.851. The predicted molar refractivity (Wildman–Crippen MR) is 227 cm³/mol. The Labute approximate surface area is 360 Å². The van der Waals surface area contributed by atoms with E-state index < -0.39 is 36.4 Å². The second kappa shape index (κ2) is 19.5. The summed E-state index contributed by atoms with van der Waals surface area (Å²) in [7, 11) is 3.84. The maximum Gasteiger partial charge on any atom is 0.409 e. The van der Waals surface area contributed by atoms with Crippen molar-refractivity contribution < 1.29 is 42.9 Å². The number of alkyl carbamates (subject to hydrolysis) is 2. The first kappa shape index (κ1) is 43.6. The first-order chi connectivity index (χ1) is 30.0. The molecule has 1 aromatic carbocycles. The highest BCUT2D eigenvalue weighted by Crippen LogP contribution is 2.30. The molecule has 3 unspecified atom stereocenters. The van der Waals surface area contributed by atoms with Gasteiger partial charge >= 0.3 is 18.3 Å². The third-order valence-corrected chi connectivity index (χ3v) is 11.8. The number of aliphatic imine (C=N–C) groups is 2. The quantitative estimate of drug-likeness (QED) is 0.247. The van der Waals surface area contributed by atoms with Crippen LogP contribution in [0.15, 0.2) is 64.2 Å². The number of imidazole rings is 1. The highest BCUT2D eigenvalue weighted by Gasteiger charge is 2.42. The number of carbonyl (C=O) groups is 5. The number of nitrogens with zero attached hydrogens (tertiary/aromatic N) is 6. The molecule has 3 fully saturated rings. The van der Waals surface area contributed by atoms with E-state index in [4.69, 9.17) is 28.9 Å². The van der Waals surface area contributed by atoms with Gasteiger partial charge in [0.2, 0.25) is 11.8 Å². The number of carbonyl (C=O) groups excluding carboxylic acids is 5. The number of methoxy groups -OCH3 is 3. The van der Waals surface area contributed by atoms with E-state index in [0.29, 0.717) is 50.0 Å². The summed E-state index contributed by atoms with van der Waals surface area (Å²) in [5.41, 5.74) is 3.91. The topological polar surface area (TPSA) is 209 Å². The van der Waals surface area contributed by atoms with E-state index in [1.807, 2.05) is 56.3 Å². The summed E-state index contributed by atoms with van der Waals surface area (Å²) in [5, 5.41) is 5.44. The van der Waals surface area contributed by atoms with Gasteiger partial charge in [0.25, 0.3) is 0 Å². The number of ether oxygens (including phenoxy) is 4. The van der Waals surface area contributed by atoms with Crippen LogP contribution >= 0.6 is 0 Å². The zero-order valence-electron chi connectivity index (χ0n) is 35.6. The Morgan fingerprint density at radius 1 is 0.855 bits per heavy atom.